The quantitative estimate of drug-likeness (QED) is 0.265. The van der Waals surface area contributed by atoms with E-state index in [9.17, 15) is 14.0 Å². The zero-order valence-corrected chi connectivity index (χ0v) is 19.1. The molecule has 0 spiro atoms. The number of allylic oxidation sites excluding steroid dienone is 1. The average molecular weight is 485 g/mol. The van der Waals surface area contributed by atoms with Crippen molar-refractivity contribution < 1.29 is 37.7 Å². The molecule has 0 fully saturated rings. The Balaban J connectivity index is 1.59. The first kappa shape index (κ1) is 23.1. The zero-order valence-electron chi connectivity index (χ0n) is 18.3. The number of halogens is 2. The van der Waals surface area contributed by atoms with E-state index in [0.717, 1.165) is 0 Å². The lowest BCUT2D eigenvalue weighted by Gasteiger charge is -2.13. The summed E-state index contributed by atoms with van der Waals surface area (Å²) in [5.74, 6) is -0.622. The second-order valence-corrected chi connectivity index (χ2v) is 7.44. The molecule has 0 saturated carbocycles. The van der Waals surface area contributed by atoms with Gasteiger partial charge in [0.05, 0.1) is 37.5 Å². The van der Waals surface area contributed by atoms with Crippen LogP contribution >= 0.6 is 11.6 Å². The second-order valence-electron chi connectivity index (χ2n) is 7.04. The van der Waals surface area contributed by atoms with Crippen molar-refractivity contribution in [3.05, 3.63) is 81.8 Å². The van der Waals surface area contributed by atoms with Gasteiger partial charge in [-0.15, -0.1) is 0 Å². The van der Waals surface area contributed by atoms with Gasteiger partial charge in [0.25, 0.3) is 0 Å². The third-order valence-electron chi connectivity index (χ3n) is 5.03. The molecule has 0 saturated heterocycles. The number of methoxy groups -OCH3 is 3. The highest BCUT2D eigenvalue weighted by atomic mass is 35.5. The largest absolute Gasteiger partial charge is 0.493 e. The van der Waals surface area contributed by atoms with Crippen LogP contribution in [0.5, 0.6) is 28.7 Å². The van der Waals surface area contributed by atoms with E-state index in [1.807, 2.05) is 0 Å². The van der Waals surface area contributed by atoms with Crippen LogP contribution in [0, 0.1) is 5.82 Å². The Morgan fingerprint density at radius 1 is 1.00 bits per heavy atom. The van der Waals surface area contributed by atoms with Crippen molar-refractivity contribution >= 4 is 29.4 Å². The Labute approximate surface area is 199 Å². The Kier molecular flexibility index (Phi) is 6.43. The summed E-state index contributed by atoms with van der Waals surface area (Å²) < 4.78 is 40.9. The third-order valence-corrected chi connectivity index (χ3v) is 5.36. The summed E-state index contributed by atoms with van der Waals surface area (Å²) in [4.78, 5) is 25.4. The number of rotatable bonds is 6. The number of benzene rings is 3. The number of carbonyl (C=O) groups is 2. The Morgan fingerprint density at radius 2 is 1.71 bits per heavy atom. The molecule has 4 rings (SSSR count). The van der Waals surface area contributed by atoms with Gasteiger partial charge in [-0.3, -0.25) is 4.79 Å². The lowest BCUT2D eigenvalue weighted by atomic mass is 10.1. The van der Waals surface area contributed by atoms with Gasteiger partial charge in [0.15, 0.2) is 17.3 Å². The van der Waals surface area contributed by atoms with Crippen LogP contribution < -0.4 is 23.7 Å². The van der Waals surface area contributed by atoms with Crippen molar-refractivity contribution in [2.24, 2.45) is 0 Å². The number of carbonyl (C=O) groups excluding carboxylic acids is 2. The van der Waals surface area contributed by atoms with Gasteiger partial charge in [-0.25, -0.2) is 9.18 Å². The normalized spacial score (nSPS) is 13.3. The summed E-state index contributed by atoms with van der Waals surface area (Å²) in [6.07, 6.45) is 1.24. The maximum Gasteiger partial charge on any atom is 0.343 e. The molecule has 3 aromatic carbocycles. The molecule has 7 nitrogen and oxygen atoms in total. The summed E-state index contributed by atoms with van der Waals surface area (Å²) in [7, 11) is 4.31. The Hall–Kier alpha value is -4.04. The zero-order chi connectivity index (χ0) is 24.4. The molecule has 0 N–H and O–H groups in total. The molecule has 1 aliphatic heterocycles. The molecule has 1 heterocycles. The fraction of sp³-hybridized carbons (Fsp3) is 0.120. The SMILES string of the molecule is COc1cc(C(=O)Oc2ccc3c(c2)O/C(=C\c2c(F)cccc2Cl)C3=O)cc(OC)c1OC. The molecule has 0 aromatic heterocycles. The minimum atomic E-state index is -0.697. The number of ketones is 1. The molecule has 174 valence electrons. The van der Waals surface area contributed by atoms with Crippen LogP contribution in [0.2, 0.25) is 5.02 Å². The highest BCUT2D eigenvalue weighted by molar-refractivity contribution is 6.32. The van der Waals surface area contributed by atoms with Crippen LogP contribution in [-0.2, 0) is 0 Å². The standard InChI is InChI=1S/C25H18ClFO7/c1-30-21-9-13(10-22(31-2)24(21)32-3)25(29)33-14-7-8-15-19(11-14)34-20(23(15)28)12-16-17(26)5-4-6-18(16)27/h4-12H,1-3H3/b20-12-. The summed E-state index contributed by atoms with van der Waals surface area (Å²) in [5.41, 5.74) is 0.433. The van der Waals surface area contributed by atoms with Crippen LogP contribution in [0.25, 0.3) is 6.08 Å². The summed E-state index contributed by atoms with van der Waals surface area (Å²) in [5, 5.41) is 0.139. The van der Waals surface area contributed by atoms with Gasteiger partial charge in [0.2, 0.25) is 11.5 Å². The van der Waals surface area contributed by atoms with Gasteiger partial charge < -0.3 is 23.7 Å². The maximum atomic E-state index is 14.1. The molecule has 0 bridgehead atoms. The fourth-order valence-electron chi connectivity index (χ4n) is 3.38. The highest BCUT2D eigenvalue weighted by Crippen LogP contribution is 2.39. The number of esters is 1. The van der Waals surface area contributed by atoms with Crippen molar-refractivity contribution in [3.8, 4) is 28.7 Å². The van der Waals surface area contributed by atoms with Gasteiger partial charge in [-0.1, -0.05) is 17.7 Å². The van der Waals surface area contributed by atoms with Crippen molar-refractivity contribution in [2.75, 3.05) is 21.3 Å². The number of hydrogen-bond donors (Lipinski definition) is 0. The molecule has 9 heteroatoms. The van der Waals surface area contributed by atoms with Crippen molar-refractivity contribution in [2.45, 2.75) is 0 Å². The van der Waals surface area contributed by atoms with Crippen LogP contribution in [0.15, 0.2) is 54.3 Å². The van der Waals surface area contributed by atoms with Crippen LogP contribution in [0.4, 0.5) is 4.39 Å². The van der Waals surface area contributed by atoms with Gasteiger partial charge in [-0.2, -0.15) is 0 Å². The van der Waals surface area contributed by atoms with Gasteiger partial charge >= 0.3 is 5.97 Å². The molecule has 3 aromatic rings. The minimum Gasteiger partial charge on any atom is -0.493 e. The fourth-order valence-corrected chi connectivity index (χ4v) is 3.59. The highest BCUT2D eigenvalue weighted by Gasteiger charge is 2.29. The van der Waals surface area contributed by atoms with E-state index >= 15 is 0 Å². The molecule has 1 aliphatic rings. The predicted octanol–water partition coefficient (Wildman–Crippen LogP) is 5.34. The molecule has 0 radical (unpaired) electrons. The van der Waals surface area contributed by atoms with Crippen molar-refractivity contribution in [3.63, 3.8) is 0 Å². The monoisotopic (exact) mass is 484 g/mol. The van der Waals surface area contributed by atoms with E-state index in [2.05, 4.69) is 0 Å². The number of Topliss-reactive ketones (excluding diaryl/α,β-unsaturated/α-hetero) is 1. The predicted molar refractivity (Wildman–Crippen MR) is 122 cm³/mol. The lowest BCUT2D eigenvalue weighted by molar-refractivity contribution is 0.0733. The first-order valence-electron chi connectivity index (χ1n) is 9.90. The van der Waals surface area contributed by atoms with E-state index < -0.39 is 17.6 Å². The molecular formula is C25H18ClFO7. The van der Waals surface area contributed by atoms with E-state index in [0.29, 0.717) is 17.2 Å². The molecular weight excluding hydrogens is 467 g/mol. The van der Waals surface area contributed by atoms with E-state index in [1.54, 1.807) is 0 Å². The number of fused-ring (bicyclic) bond motifs is 1. The molecule has 34 heavy (non-hydrogen) atoms. The van der Waals surface area contributed by atoms with E-state index in [-0.39, 0.29) is 39.0 Å². The topological polar surface area (TPSA) is 80.3 Å². The van der Waals surface area contributed by atoms with E-state index in [4.69, 9.17) is 35.3 Å². The summed E-state index contributed by atoms with van der Waals surface area (Å²) >= 11 is 6.04. The summed E-state index contributed by atoms with van der Waals surface area (Å²) in [6.45, 7) is 0. The molecule has 0 atom stereocenters. The van der Waals surface area contributed by atoms with Crippen LogP contribution in [-0.4, -0.2) is 33.1 Å². The smallest absolute Gasteiger partial charge is 0.343 e. The van der Waals surface area contributed by atoms with Gasteiger partial charge in [0, 0.05) is 11.6 Å². The van der Waals surface area contributed by atoms with Gasteiger partial charge in [0.1, 0.15) is 17.3 Å². The molecule has 0 amide bonds. The van der Waals surface area contributed by atoms with Crippen molar-refractivity contribution in [1.82, 2.24) is 0 Å². The van der Waals surface area contributed by atoms with Crippen molar-refractivity contribution in [1.29, 1.82) is 0 Å². The van der Waals surface area contributed by atoms with Crippen LogP contribution in [0.3, 0.4) is 0 Å². The Bertz CT molecular complexity index is 1290. The second kappa shape index (κ2) is 9.44. The average Bonchev–Trinajstić information content (AvgIpc) is 3.14. The Morgan fingerprint density at radius 3 is 2.32 bits per heavy atom. The first-order chi connectivity index (χ1) is 16.4. The number of ether oxygens (including phenoxy) is 5. The number of hydrogen-bond acceptors (Lipinski definition) is 7. The lowest BCUT2D eigenvalue weighted by Crippen LogP contribution is -2.09. The van der Waals surface area contributed by atoms with Crippen LogP contribution in [0.1, 0.15) is 26.3 Å². The molecule has 0 aliphatic carbocycles. The third kappa shape index (κ3) is 4.27. The molecule has 0 unspecified atom stereocenters. The summed E-state index contributed by atoms with van der Waals surface area (Å²) in [6, 6.07) is 11.4. The van der Waals surface area contributed by atoms with E-state index in [1.165, 1.54) is 75.9 Å². The maximum absolute atomic E-state index is 14.1. The minimum absolute atomic E-state index is 0.0365. The van der Waals surface area contributed by atoms with Gasteiger partial charge in [-0.05, 0) is 42.5 Å². The first-order valence-corrected chi connectivity index (χ1v) is 10.3.